The molecule has 0 fully saturated rings. The summed E-state index contributed by atoms with van der Waals surface area (Å²) in [4.78, 5) is 40.8. The highest BCUT2D eigenvalue weighted by molar-refractivity contribution is 7.72. The monoisotopic (exact) mass is 621 g/mol. The number of fused-ring (bicyclic) bond motifs is 1. The van der Waals surface area contributed by atoms with Gasteiger partial charge >= 0.3 is 7.60 Å². The molecule has 1 heterocycles. The van der Waals surface area contributed by atoms with Crippen molar-refractivity contribution in [1.82, 2.24) is 4.90 Å². The number of nitrogens with zero attached hydrogens (tertiary/aromatic N) is 1. The Hall–Kier alpha value is -1.86. The minimum Gasteiger partial charge on any atom is -0.377 e. The van der Waals surface area contributed by atoms with Gasteiger partial charge in [-0.1, -0.05) is 109 Å². The molecule has 9 heteroatoms. The fourth-order valence-electron chi connectivity index (χ4n) is 6.02. The van der Waals surface area contributed by atoms with Crippen molar-refractivity contribution in [2.45, 2.75) is 130 Å². The predicted octanol–water partition coefficient (Wildman–Crippen LogP) is 8.97. The SMILES string of the molecule is CCCCCCCCCCCCCCCCOC(CC)C(C)(CCN1C(=O)c2ccccc2C1=O)C(=O)P(=O)(OC)OC. The number of imide groups is 1. The van der Waals surface area contributed by atoms with E-state index in [2.05, 4.69) is 6.92 Å². The molecule has 244 valence electrons. The molecular weight excluding hydrogens is 565 g/mol. The van der Waals surface area contributed by atoms with E-state index >= 15 is 0 Å². The van der Waals surface area contributed by atoms with Crippen LogP contribution in [-0.2, 0) is 23.1 Å². The second kappa shape index (κ2) is 19.5. The summed E-state index contributed by atoms with van der Waals surface area (Å²) in [6, 6.07) is 6.68. The zero-order chi connectivity index (χ0) is 31.7. The number of hydrogen-bond donors (Lipinski definition) is 0. The van der Waals surface area contributed by atoms with Crippen molar-refractivity contribution in [1.29, 1.82) is 0 Å². The third kappa shape index (κ3) is 10.6. The minimum atomic E-state index is -4.09. The van der Waals surface area contributed by atoms with Crippen molar-refractivity contribution in [3.63, 3.8) is 0 Å². The zero-order valence-electron chi connectivity index (χ0n) is 27.4. The lowest BCUT2D eigenvalue weighted by atomic mass is 9.80. The summed E-state index contributed by atoms with van der Waals surface area (Å²) in [7, 11) is -1.73. The van der Waals surface area contributed by atoms with E-state index in [4.69, 9.17) is 13.8 Å². The molecule has 43 heavy (non-hydrogen) atoms. The van der Waals surface area contributed by atoms with Crippen LogP contribution in [0.4, 0.5) is 0 Å². The highest BCUT2D eigenvalue weighted by Crippen LogP contribution is 2.55. The van der Waals surface area contributed by atoms with Gasteiger partial charge in [0.05, 0.1) is 22.6 Å². The maximum atomic E-state index is 13.7. The van der Waals surface area contributed by atoms with E-state index in [0.29, 0.717) is 24.2 Å². The van der Waals surface area contributed by atoms with Gasteiger partial charge in [0.1, 0.15) is 0 Å². The first kappa shape index (κ1) is 37.3. The van der Waals surface area contributed by atoms with Crippen LogP contribution >= 0.6 is 7.60 Å². The Morgan fingerprint density at radius 3 is 1.65 bits per heavy atom. The van der Waals surface area contributed by atoms with E-state index in [1.54, 1.807) is 31.2 Å². The first-order valence-corrected chi connectivity index (χ1v) is 18.1. The van der Waals surface area contributed by atoms with Gasteiger partial charge in [-0.2, -0.15) is 0 Å². The first-order valence-electron chi connectivity index (χ1n) is 16.5. The Bertz CT molecular complexity index is 1020. The molecule has 2 unspecified atom stereocenters. The third-order valence-electron chi connectivity index (χ3n) is 8.85. The molecule has 0 saturated carbocycles. The van der Waals surface area contributed by atoms with E-state index in [1.165, 1.54) is 84.8 Å². The number of unbranched alkanes of at least 4 members (excludes halogenated alkanes) is 13. The molecular formula is C34H56NO7P. The van der Waals surface area contributed by atoms with Crippen LogP contribution in [0.2, 0.25) is 0 Å². The Morgan fingerprint density at radius 1 is 0.791 bits per heavy atom. The number of hydrogen-bond acceptors (Lipinski definition) is 7. The fraction of sp³-hybridized carbons (Fsp3) is 0.735. The summed E-state index contributed by atoms with van der Waals surface area (Å²) in [5.41, 5.74) is -1.31. The molecule has 1 aliphatic heterocycles. The number of carbonyl (C=O) groups is 3. The summed E-state index contributed by atoms with van der Waals surface area (Å²) < 4.78 is 29.6. The number of benzene rings is 1. The quantitative estimate of drug-likeness (QED) is 0.0610. The normalized spacial score (nSPS) is 15.5. The fourth-order valence-corrected chi connectivity index (χ4v) is 7.38. The van der Waals surface area contributed by atoms with Gasteiger partial charge in [-0.3, -0.25) is 23.8 Å². The van der Waals surface area contributed by atoms with Gasteiger partial charge in [-0.15, -0.1) is 0 Å². The number of rotatable bonds is 25. The van der Waals surface area contributed by atoms with Gasteiger partial charge in [-0.25, -0.2) is 0 Å². The van der Waals surface area contributed by atoms with Crippen LogP contribution in [0.5, 0.6) is 0 Å². The van der Waals surface area contributed by atoms with Crippen LogP contribution in [-0.4, -0.2) is 55.7 Å². The van der Waals surface area contributed by atoms with E-state index in [9.17, 15) is 18.9 Å². The highest BCUT2D eigenvalue weighted by atomic mass is 31.2. The number of amides is 2. The van der Waals surface area contributed by atoms with Crippen molar-refractivity contribution in [3.05, 3.63) is 35.4 Å². The van der Waals surface area contributed by atoms with E-state index in [0.717, 1.165) is 24.2 Å². The molecule has 1 aromatic rings. The zero-order valence-corrected chi connectivity index (χ0v) is 28.3. The Kier molecular flexibility index (Phi) is 16.9. The lowest BCUT2D eigenvalue weighted by Crippen LogP contribution is -2.45. The molecule has 1 aliphatic rings. The van der Waals surface area contributed by atoms with Gasteiger partial charge in [0, 0.05) is 27.4 Å². The second-order valence-corrected chi connectivity index (χ2v) is 14.1. The van der Waals surface area contributed by atoms with Gasteiger partial charge in [0.2, 0.25) is 0 Å². The molecule has 0 saturated heterocycles. The predicted molar refractivity (Wildman–Crippen MR) is 172 cm³/mol. The van der Waals surface area contributed by atoms with Crippen LogP contribution in [0.25, 0.3) is 0 Å². The van der Waals surface area contributed by atoms with Crippen LogP contribution < -0.4 is 0 Å². The molecule has 0 spiro atoms. The number of carbonyl (C=O) groups excluding carboxylic acids is 3. The van der Waals surface area contributed by atoms with Crippen molar-refractivity contribution >= 4 is 24.9 Å². The Morgan fingerprint density at radius 2 is 1.23 bits per heavy atom. The molecule has 8 nitrogen and oxygen atoms in total. The standard InChI is InChI=1S/C34H56NO7P/c1-6-8-9-10-11-12-13-14-15-16-17-18-19-22-27-42-30(7-2)34(3,33(38)43(39,40-4)41-5)25-26-35-31(36)28-23-20-21-24-29(28)32(35)37/h20-21,23-24,30H,6-19,22,25-27H2,1-5H3. The molecule has 2 rings (SSSR count). The average Bonchev–Trinajstić information content (AvgIpc) is 3.27. The number of ether oxygens (including phenoxy) is 1. The van der Waals surface area contributed by atoms with Gasteiger partial charge in [0.15, 0.2) is 0 Å². The van der Waals surface area contributed by atoms with Crippen molar-refractivity contribution in [3.8, 4) is 0 Å². The summed E-state index contributed by atoms with van der Waals surface area (Å²) in [6.45, 7) is 6.30. The molecule has 1 aromatic carbocycles. The lowest BCUT2D eigenvalue weighted by Gasteiger charge is -2.37. The molecule has 0 bridgehead atoms. The van der Waals surface area contributed by atoms with Crippen molar-refractivity contribution in [2.75, 3.05) is 27.4 Å². The maximum absolute atomic E-state index is 13.7. The Labute approximate surface area is 260 Å². The van der Waals surface area contributed by atoms with Crippen LogP contribution in [0.1, 0.15) is 144 Å². The van der Waals surface area contributed by atoms with Crippen LogP contribution in [0, 0.1) is 5.41 Å². The summed E-state index contributed by atoms with van der Waals surface area (Å²) in [5.74, 6) is -0.790. The Balaban J connectivity index is 1.86. The molecule has 0 N–H and O–H groups in total. The van der Waals surface area contributed by atoms with Crippen molar-refractivity contribution < 1.29 is 32.7 Å². The minimum absolute atomic E-state index is 0.0132. The van der Waals surface area contributed by atoms with Crippen molar-refractivity contribution in [2.24, 2.45) is 5.41 Å². The first-order chi connectivity index (χ1) is 20.7. The molecule has 0 aromatic heterocycles. The van der Waals surface area contributed by atoms with Crippen LogP contribution in [0.3, 0.4) is 0 Å². The van der Waals surface area contributed by atoms with E-state index < -0.39 is 36.5 Å². The summed E-state index contributed by atoms with van der Waals surface area (Å²) in [6.07, 6.45) is 17.7. The van der Waals surface area contributed by atoms with E-state index in [1.807, 2.05) is 6.92 Å². The van der Waals surface area contributed by atoms with Crippen LogP contribution in [0.15, 0.2) is 24.3 Å². The average molecular weight is 622 g/mol. The molecule has 2 amide bonds. The smallest absolute Gasteiger partial charge is 0.377 e. The summed E-state index contributed by atoms with van der Waals surface area (Å²) >= 11 is 0. The highest BCUT2D eigenvalue weighted by Gasteiger charge is 2.51. The molecule has 0 radical (unpaired) electrons. The maximum Gasteiger partial charge on any atom is 0.396 e. The second-order valence-electron chi connectivity index (χ2n) is 12.0. The molecule has 2 atom stereocenters. The molecule has 0 aliphatic carbocycles. The summed E-state index contributed by atoms with van der Waals surface area (Å²) in [5, 5.41) is 0. The van der Waals surface area contributed by atoms with Gasteiger partial charge in [-0.05, 0) is 38.3 Å². The lowest BCUT2D eigenvalue weighted by molar-refractivity contribution is -0.133. The largest absolute Gasteiger partial charge is 0.396 e. The van der Waals surface area contributed by atoms with Gasteiger partial charge < -0.3 is 13.8 Å². The third-order valence-corrected chi connectivity index (χ3v) is 10.8. The van der Waals surface area contributed by atoms with E-state index in [-0.39, 0.29) is 13.0 Å². The topological polar surface area (TPSA) is 99.2 Å². The van der Waals surface area contributed by atoms with Gasteiger partial charge in [0.25, 0.3) is 17.3 Å².